The summed E-state index contributed by atoms with van der Waals surface area (Å²) in [6.45, 7) is 1.68. The maximum Gasteiger partial charge on any atom is 0.337 e. The molecule has 0 aliphatic carbocycles. The van der Waals surface area contributed by atoms with Crippen molar-refractivity contribution >= 4 is 33.0 Å². The van der Waals surface area contributed by atoms with Gasteiger partial charge in [0.15, 0.2) is 4.21 Å². The van der Waals surface area contributed by atoms with Gasteiger partial charge in [-0.15, -0.1) is 11.3 Å². The average molecular weight is 299 g/mol. The van der Waals surface area contributed by atoms with Gasteiger partial charge in [0.25, 0.3) is 10.0 Å². The molecule has 0 aromatic carbocycles. The molecule has 0 saturated carbocycles. The predicted molar refractivity (Wildman–Crippen MR) is 68.9 cm³/mol. The fourth-order valence-corrected chi connectivity index (χ4v) is 3.50. The highest BCUT2D eigenvalue weighted by Crippen LogP contribution is 2.22. The maximum absolute atomic E-state index is 12.0. The topological polar surface area (TPSA) is 109 Å². The zero-order valence-electron chi connectivity index (χ0n) is 9.69. The molecule has 0 saturated heterocycles. The summed E-state index contributed by atoms with van der Waals surface area (Å²) in [7, 11) is -3.85. The van der Waals surface area contributed by atoms with Crippen molar-refractivity contribution in [2.45, 2.75) is 11.1 Å². The van der Waals surface area contributed by atoms with Gasteiger partial charge in [-0.25, -0.2) is 18.2 Å². The minimum absolute atomic E-state index is 0.0187. The number of hydrogen-bond donors (Lipinski definition) is 2. The number of aromatic carboxylic acids is 1. The molecule has 2 N–H and O–H groups in total. The van der Waals surface area contributed by atoms with Crippen LogP contribution in [-0.2, 0) is 10.0 Å². The van der Waals surface area contributed by atoms with Crippen molar-refractivity contribution in [3.8, 4) is 0 Å². The molecule has 9 heteroatoms. The van der Waals surface area contributed by atoms with Crippen LogP contribution >= 0.6 is 11.3 Å². The van der Waals surface area contributed by atoms with Crippen LogP contribution in [0.25, 0.3) is 0 Å². The molecule has 0 radical (unpaired) electrons. The second kappa shape index (κ2) is 4.94. The number of thiazole rings is 1. The molecule has 0 amide bonds. The normalized spacial score (nSPS) is 11.2. The van der Waals surface area contributed by atoms with Crippen molar-refractivity contribution < 1.29 is 18.3 Å². The second-order valence-electron chi connectivity index (χ2n) is 3.53. The van der Waals surface area contributed by atoms with Crippen molar-refractivity contribution in [1.29, 1.82) is 0 Å². The van der Waals surface area contributed by atoms with Crippen LogP contribution in [-0.4, -0.2) is 29.5 Å². The van der Waals surface area contributed by atoms with Gasteiger partial charge in [0, 0.05) is 6.20 Å². The summed E-state index contributed by atoms with van der Waals surface area (Å²) < 4.78 is 26.3. The summed E-state index contributed by atoms with van der Waals surface area (Å²) in [6.07, 6.45) is 3.64. The van der Waals surface area contributed by atoms with Crippen molar-refractivity contribution in [2.75, 3.05) is 4.72 Å². The number of nitrogens with one attached hydrogen (secondary N) is 1. The molecule has 0 atom stereocenters. The largest absolute Gasteiger partial charge is 0.478 e. The lowest BCUT2D eigenvalue weighted by atomic mass is 10.2. The van der Waals surface area contributed by atoms with Crippen LogP contribution in [0.2, 0.25) is 0 Å². The Balaban J connectivity index is 2.39. The van der Waals surface area contributed by atoms with Crippen LogP contribution in [0.5, 0.6) is 0 Å². The number of hydrogen-bond acceptors (Lipinski definition) is 6. The van der Waals surface area contributed by atoms with Crippen molar-refractivity contribution in [1.82, 2.24) is 9.97 Å². The van der Waals surface area contributed by atoms with E-state index in [1.807, 2.05) is 0 Å². The fourth-order valence-electron chi connectivity index (χ4n) is 1.32. The Bertz CT molecular complexity index is 724. The van der Waals surface area contributed by atoms with E-state index >= 15 is 0 Å². The Morgan fingerprint density at radius 3 is 2.74 bits per heavy atom. The van der Waals surface area contributed by atoms with Gasteiger partial charge in [0.2, 0.25) is 0 Å². The monoisotopic (exact) mass is 299 g/mol. The van der Waals surface area contributed by atoms with E-state index in [-0.39, 0.29) is 15.5 Å². The predicted octanol–water partition coefficient (Wildman–Crippen LogP) is 1.35. The van der Waals surface area contributed by atoms with Crippen LogP contribution in [0.15, 0.2) is 28.9 Å². The zero-order chi connectivity index (χ0) is 14.0. The number of aryl methyl sites for hydroxylation is 1. The first-order chi connectivity index (χ1) is 8.90. The molecule has 19 heavy (non-hydrogen) atoms. The standard InChI is InChI=1S/C10H9N3O4S2/c1-6-12-5-9(18-6)19(16,17)13-8-4-11-3-2-7(8)10(14)15/h2-5,13H,1H3,(H,14,15). The molecule has 0 aliphatic heterocycles. The van der Waals surface area contributed by atoms with Crippen molar-refractivity contribution in [2.24, 2.45) is 0 Å². The number of carboxylic acids is 1. The lowest BCUT2D eigenvalue weighted by molar-refractivity contribution is 0.0698. The minimum atomic E-state index is -3.85. The summed E-state index contributed by atoms with van der Waals surface area (Å²) in [5, 5.41) is 9.57. The number of anilines is 1. The summed E-state index contributed by atoms with van der Waals surface area (Å²) in [6, 6.07) is 1.22. The van der Waals surface area contributed by atoms with E-state index in [2.05, 4.69) is 14.7 Å². The first kappa shape index (κ1) is 13.4. The summed E-state index contributed by atoms with van der Waals surface area (Å²) in [5.41, 5.74) is -0.249. The molecule has 0 aliphatic rings. The highest BCUT2D eigenvalue weighted by atomic mass is 32.2. The Kier molecular flexibility index (Phi) is 3.49. The molecule has 0 bridgehead atoms. The molecule has 0 fully saturated rings. The highest BCUT2D eigenvalue weighted by molar-refractivity contribution is 7.94. The van der Waals surface area contributed by atoms with Crippen LogP contribution in [0, 0.1) is 6.92 Å². The van der Waals surface area contributed by atoms with Gasteiger partial charge in [-0.1, -0.05) is 0 Å². The number of aromatic nitrogens is 2. The zero-order valence-corrected chi connectivity index (χ0v) is 11.3. The third kappa shape index (κ3) is 2.88. The number of rotatable bonds is 4. The summed E-state index contributed by atoms with van der Waals surface area (Å²) in [5.74, 6) is -1.24. The van der Waals surface area contributed by atoms with Gasteiger partial charge in [0.1, 0.15) is 0 Å². The number of carbonyl (C=O) groups is 1. The maximum atomic E-state index is 12.0. The molecule has 2 aromatic rings. The number of nitrogens with zero attached hydrogens (tertiary/aromatic N) is 2. The Hall–Kier alpha value is -2.00. The number of pyridine rings is 1. The van der Waals surface area contributed by atoms with Crippen molar-refractivity contribution in [3.63, 3.8) is 0 Å². The quantitative estimate of drug-likeness (QED) is 0.881. The Morgan fingerprint density at radius 1 is 1.42 bits per heavy atom. The third-order valence-electron chi connectivity index (χ3n) is 2.16. The van der Waals surface area contributed by atoms with Gasteiger partial charge in [-0.2, -0.15) is 0 Å². The molecule has 100 valence electrons. The molecular weight excluding hydrogens is 290 g/mol. The SMILES string of the molecule is Cc1ncc(S(=O)(=O)Nc2cnccc2C(=O)O)s1. The molecule has 0 spiro atoms. The van der Waals surface area contributed by atoms with Gasteiger partial charge in [-0.05, 0) is 13.0 Å². The van der Waals surface area contributed by atoms with E-state index in [4.69, 9.17) is 5.11 Å². The fraction of sp³-hybridized carbons (Fsp3) is 0.100. The van der Waals surface area contributed by atoms with Crippen LogP contribution in [0.3, 0.4) is 0 Å². The first-order valence-electron chi connectivity index (χ1n) is 5.03. The van der Waals surface area contributed by atoms with Gasteiger partial charge >= 0.3 is 5.97 Å². The molecule has 2 heterocycles. The van der Waals surface area contributed by atoms with E-state index in [0.29, 0.717) is 5.01 Å². The lowest BCUT2D eigenvalue weighted by Crippen LogP contribution is -2.14. The van der Waals surface area contributed by atoms with E-state index in [9.17, 15) is 13.2 Å². The van der Waals surface area contributed by atoms with Crippen LogP contribution in [0.1, 0.15) is 15.4 Å². The molecule has 2 rings (SSSR count). The number of carboxylic acid groups (broad SMARTS) is 1. The van der Waals surface area contributed by atoms with Crippen LogP contribution in [0.4, 0.5) is 5.69 Å². The van der Waals surface area contributed by atoms with E-state index in [1.54, 1.807) is 6.92 Å². The minimum Gasteiger partial charge on any atom is -0.478 e. The van der Waals surface area contributed by atoms with E-state index in [1.165, 1.54) is 18.5 Å². The molecule has 7 nitrogen and oxygen atoms in total. The first-order valence-corrected chi connectivity index (χ1v) is 7.32. The average Bonchev–Trinajstić information content (AvgIpc) is 2.76. The number of sulfonamides is 1. The van der Waals surface area contributed by atoms with Gasteiger partial charge in [0.05, 0.1) is 28.7 Å². The lowest BCUT2D eigenvalue weighted by Gasteiger charge is -2.07. The molecule has 2 aromatic heterocycles. The smallest absolute Gasteiger partial charge is 0.337 e. The van der Waals surface area contributed by atoms with Gasteiger partial charge in [-0.3, -0.25) is 9.71 Å². The third-order valence-corrected chi connectivity index (χ3v) is 4.90. The molecule has 0 unspecified atom stereocenters. The van der Waals surface area contributed by atoms with E-state index in [0.717, 1.165) is 17.5 Å². The second-order valence-corrected chi connectivity index (χ2v) is 6.67. The summed E-state index contributed by atoms with van der Waals surface area (Å²) in [4.78, 5) is 18.5. The Morgan fingerprint density at radius 2 is 2.16 bits per heavy atom. The van der Waals surface area contributed by atoms with Crippen LogP contribution < -0.4 is 4.72 Å². The highest BCUT2D eigenvalue weighted by Gasteiger charge is 2.20. The summed E-state index contributed by atoms with van der Waals surface area (Å²) >= 11 is 0.999. The van der Waals surface area contributed by atoms with Crippen molar-refractivity contribution in [3.05, 3.63) is 35.2 Å². The molecular formula is C10H9N3O4S2. The Labute approximate surface area is 113 Å². The van der Waals surface area contributed by atoms with Gasteiger partial charge < -0.3 is 5.11 Å². The van der Waals surface area contributed by atoms with E-state index < -0.39 is 16.0 Å².